The van der Waals surface area contributed by atoms with Gasteiger partial charge in [0, 0.05) is 37.1 Å². The third kappa shape index (κ3) is 4.42. The lowest BCUT2D eigenvalue weighted by molar-refractivity contribution is 0.0764. The molecular weight excluding hydrogens is 348 g/mol. The van der Waals surface area contributed by atoms with Gasteiger partial charge < -0.3 is 24.0 Å². The SMILES string of the molecule is CCOc1ccc(C(=O)N2C[C@@H](Cc3cc(C)no3)[C@H](O)C2)cc1OCC. The molecule has 0 unspecified atom stereocenters. The van der Waals surface area contributed by atoms with Crippen LogP contribution in [0.3, 0.4) is 0 Å². The summed E-state index contributed by atoms with van der Waals surface area (Å²) < 4.78 is 16.4. The summed E-state index contributed by atoms with van der Waals surface area (Å²) in [6.07, 6.45) is -0.0346. The molecule has 1 N–H and O–H groups in total. The van der Waals surface area contributed by atoms with Crippen LogP contribution in [-0.4, -0.2) is 53.5 Å². The predicted octanol–water partition coefficient (Wildman–Crippen LogP) is 2.46. The van der Waals surface area contributed by atoms with Crippen molar-refractivity contribution < 1.29 is 23.9 Å². The number of hydrogen-bond donors (Lipinski definition) is 1. The maximum atomic E-state index is 12.9. The molecule has 0 aliphatic carbocycles. The van der Waals surface area contributed by atoms with Crippen LogP contribution in [0.15, 0.2) is 28.8 Å². The molecule has 3 rings (SSSR count). The molecule has 1 aliphatic heterocycles. The second-order valence-corrected chi connectivity index (χ2v) is 6.70. The molecule has 1 amide bonds. The van der Waals surface area contributed by atoms with Gasteiger partial charge in [0.25, 0.3) is 5.91 Å². The molecule has 0 spiro atoms. The Morgan fingerprint density at radius 1 is 1.22 bits per heavy atom. The number of amides is 1. The molecule has 1 saturated heterocycles. The molecule has 2 atom stereocenters. The van der Waals surface area contributed by atoms with E-state index in [9.17, 15) is 9.90 Å². The fourth-order valence-electron chi connectivity index (χ4n) is 3.36. The average Bonchev–Trinajstić information content (AvgIpc) is 3.22. The number of ether oxygens (including phenoxy) is 2. The highest BCUT2D eigenvalue weighted by Crippen LogP contribution is 2.30. The Hall–Kier alpha value is -2.54. The molecule has 0 radical (unpaired) electrons. The summed E-state index contributed by atoms with van der Waals surface area (Å²) in [7, 11) is 0. The molecule has 1 fully saturated rings. The van der Waals surface area contributed by atoms with Gasteiger partial charge in [-0.3, -0.25) is 4.79 Å². The summed E-state index contributed by atoms with van der Waals surface area (Å²) in [5, 5.41) is 14.2. The van der Waals surface area contributed by atoms with Gasteiger partial charge in [0.1, 0.15) is 5.76 Å². The van der Waals surface area contributed by atoms with E-state index < -0.39 is 6.10 Å². The van der Waals surface area contributed by atoms with Crippen LogP contribution in [-0.2, 0) is 6.42 Å². The summed E-state index contributed by atoms with van der Waals surface area (Å²) in [6.45, 7) is 7.42. The van der Waals surface area contributed by atoms with E-state index in [4.69, 9.17) is 14.0 Å². The third-order valence-electron chi connectivity index (χ3n) is 4.62. The Bertz CT molecular complexity index is 788. The first kappa shape index (κ1) is 19.2. The number of carbonyl (C=O) groups excluding carboxylic acids is 1. The summed E-state index contributed by atoms with van der Waals surface area (Å²) in [5.41, 5.74) is 1.33. The van der Waals surface area contributed by atoms with Crippen LogP contribution in [0.1, 0.15) is 35.7 Å². The molecule has 1 aliphatic rings. The highest BCUT2D eigenvalue weighted by Gasteiger charge is 2.35. The Labute approximate surface area is 158 Å². The van der Waals surface area contributed by atoms with Gasteiger partial charge in [0.2, 0.25) is 0 Å². The van der Waals surface area contributed by atoms with Crippen molar-refractivity contribution in [2.45, 2.75) is 33.3 Å². The minimum Gasteiger partial charge on any atom is -0.490 e. The van der Waals surface area contributed by atoms with Crippen LogP contribution in [0.25, 0.3) is 0 Å². The number of likely N-dealkylation sites (tertiary alicyclic amines) is 1. The predicted molar refractivity (Wildman–Crippen MR) is 99.1 cm³/mol. The van der Waals surface area contributed by atoms with E-state index in [0.717, 1.165) is 11.5 Å². The first-order valence-electron chi connectivity index (χ1n) is 9.31. The third-order valence-corrected chi connectivity index (χ3v) is 4.62. The van der Waals surface area contributed by atoms with Crippen molar-refractivity contribution in [3.8, 4) is 11.5 Å². The molecule has 7 nitrogen and oxygen atoms in total. The number of aliphatic hydroxyl groups is 1. The van der Waals surface area contributed by atoms with Gasteiger partial charge in [0.05, 0.1) is 25.0 Å². The zero-order valence-corrected chi connectivity index (χ0v) is 16.0. The van der Waals surface area contributed by atoms with Crippen LogP contribution in [0.5, 0.6) is 11.5 Å². The number of nitrogens with zero attached hydrogens (tertiary/aromatic N) is 2. The van der Waals surface area contributed by atoms with Gasteiger partial charge in [0.15, 0.2) is 11.5 Å². The van der Waals surface area contributed by atoms with Gasteiger partial charge in [-0.2, -0.15) is 0 Å². The molecule has 0 saturated carbocycles. The van der Waals surface area contributed by atoms with Crippen molar-refractivity contribution in [2.75, 3.05) is 26.3 Å². The maximum absolute atomic E-state index is 12.9. The lowest BCUT2D eigenvalue weighted by atomic mass is 10.0. The maximum Gasteiger partial charge on any atom is 0.254 e. The zero-order chi connectivity index (χ0) is 19.4. The lowest BCUT2D eigenvalue weighted by Gasteiger charge is -2.17. The van der Waals surface area contributed by atoms with Crippen molar-refractivity contribution in [2.24, 2.45) is 5.92 Å². The number of hydrogen-bond acceptors (Lipinski definition) is 6. The average molecular weight is 374 g/mol. The van der Waals surface area contributed by atoms with Crippen LogP contribution in [0.2, 0.25) is 0 Å². The van der Waals surface area contributed by atoms with Crippen molar-refractivity contribution in [1.29, 1.82) is 0 Å². The second kappa shape index (κ2) is 8.43. The molecule has 146 valence electrons. The van der Waals surface area contributed by atoms with Crippen molar-refractivity contribution in [3.05, 3.63) is 41.3 Å². The van der Waals surface area contributed by atoms with E-state index in [-0.39, 0.29) is 11.8 Å². The number of aryl methyl sites for hydroxylation is 1. The largest absolute Gasteiger partial charge is 0.490 e. The standard InChI is InChI=1S/C20H26N2O5/c1-4-25-18-7-6-14(10-19(18)26-5-2)20(24)22-11-15(17(23)12-22)9-16-8-13(3)21-27-16/h6-8,10,15,17,23H,4-5,9,11-12H2,1-3H3/t15-,17-/m1/s1. The highest BCUT2D eigenvalue weighted by molar-refractivity contribution is 5.95. The smallest absolute Gasteiger partial charge is 0.254 e. The minimum atomic E-state index is -0.589. The van der Waals surface area contributed by atoms with Crippen molar-refractivity contribution in [1.82, 2.24) is 10.1 Å². The Morgan fingerprint density at radius 2 is 1.96 bits per heavy atom. The van der Waals surface area contributed by atoms with Crippen molar-refractivity contribution >= 4 is 5.91 Å². The topological polar surface area (TPSA) is 85.0 Å². The van der Waals surface area contributed by atoms with E-state index >= 15 is 0 Å². The number of benzene rings is 1. The quantitative estimate of drug-likeness (QED) is 0.801. The van der Waals surface area contributed by atoms with Gasteiger partial charge in [-0.25, -0.2) is 0 Å². The van der Waals surface area contributed by atoms with E-state index in [1.807, 2.05) is 26.8 Å². The molecular formula is C20H26N2O5. The number of rotatable bonds is 7. The number of aliphatic hydroxyl groups excluding tert-OH is 1. The summed E-state index contributed by atoms with van der Waals surface area (Å²) >= 11 is 0. The number of β-amino-alcohol motifs (C(OH)–C–C–N with tert-alkyl or cyclic N) is 1. The summed E-state index contributed by atoms with van der Waals surface area (Å²) in [6, 6.07) is 7.05. The van der Waals surface area contributed by atoms with E-state index in [1.54, 1.807) is 23.1 Å². The normalized spacial score (nSPS) is 19.3. The number of aromatic nitrogens is 1. The first-order valence-corrected chi connectivity index (χ1v) is 9.31. The van der Waals surface area contributed by atoms with Crippen LogP contribution in [0, 0.1) is 12.8 Å². The Balaban J connectivity index is 1.71. The fraction of sp³-hybridized carbons (Fsp3) is 0.500. The molecule has 2 aromatic rings. The highest BCUT2D eigenvalue weighted by atomic mass is 16.5. The molecule has 2 heterocycles. The molecule has 7 heteroatoms. The minimum absolute atomic E-state index is 0.0737. The van der Waals surface area contributed by atoms with E-state index in [0.29, 0.717) is 49.8 Å². The van der Waals surface area contributed by atoms with Gasteiger partial charge in [-0.05, 0) is 39.0 Å². The monoisotopic (exact) mass is 374 g/mol. The summed E-state index contributed by atoms with van der Waals surface area (Å²) in [5.74, 6) is 1.70. The fourth-order valence-corrected chi connectivity index (χ4v) is 3.36. The van der Waals surface area contributed by atoms with Crippen molar-refractivity contribution in [3.63, 3.8) is 0 Å². The zero-order valence-electron chi connectivity index (χ0n) is 16.0. The molecule has 0 bridgehead atoms. The van der Waals surface area contributed by atoms with Gasteiger partial charge in [-0.15, -0.1) is 0 Å². The molecule has 1 aromatic carbocycles. The van der Waals surface area contributed by atoms with Gasteiger partial charge >= 0.3 is 0 Å². The molecule has 27 heavy (non-hydrogen) atoms. The van der Waals surface area contributed by atoms with Crippen LogP contribution < -0.4 is 9.47 Å². The van der Waals surface area contributed by atoms with Crippen LogP contribution in [0.4, 0.5) is 0 Å². The second-order valence-electron chi connectivity index (χ2n) is 6.70. The van der Waals surface area contributed by atoms with E-state index in [2.05, 4.69) is 5.16 Å². The number of carbonyl (C=O) groups is 1. The van der Waals surface area contributed by atoms with E-state index in [1.165, 1.54) is 0 Å². The molecule has 1 aromatic heterocycles. The lowest BCUT2D eigenvalue weighted by Crippen LogP contribution is -2.29. The first-order chi connectivity index (χ1) is 13.0. The Kier molecular flexibility index (Phi) is 6.01. The van der Waals surface area contributed by atoms with Gasteiger partial charge in [-0.1, -0.05) is 5.16 Å². The Morgan fingerprint density at radius 3 is 2.63 bits per heavy atom. The summed E-state index contributed by atoms with van der Waals surface area (Å²) in [4.78, 5) is 14.6. The van der Waals surface area contributed by atoms with Crippen LogP contribution >= 0.6 is 0 Å².